The summed E-state index contributed by atoms with van der Waals surface area (Å²) in [4.78, 5) is 28.3. The Balaban J connectivity index is 2.01. The quantitative estimate of drug-likeness (QED) is 0.720. The van der Waals surface area contributed by atoms with Crippen molar-refractivity contribution in [2.75, 3.05) is 13.6 Å². The third-order valence-electron chi connectivity index (χ3n) is 5.05. The van der Waals surface area contributed by atoms with Crippen molar-refractivity contribution >= 4 is 24.1 Å². The van der Waals surface area contributed by atoms with Gasteiger partial charge in [0.1, 0.15) is 0 Å². The molecular weight excluding hydrogens is 333 g/mol. The van der Waals surface area contributed by atoms with Crippen molar-refractivity contribution in [2.45, 2.75) is 38.9 Å². The van der Waals surface area contributed by atoms with E-state index in [0.717, 1.165) is 11.0 Å². The molecule has 0 spiro atoms. The molecule has 8 heteroatoms. The smallest absolute Gasteiger partial charge is 0.400 e. The molecule has 1 aliphatic heterocycles. The van der Waals surface area contributed by atoms with Crippen LogP contribution in [-0.4, -0.2) is 41.9 Å². The molecule has 0 unspecified atom stereocenters. The van der Waals surface area contributed by atoms with Gasteiger partial charge in [-0.2, -0.15) is 0 Å². The van der Waals surface area contributed by atoms with Crippen molar-refractivity contribution < 1.29 is 9.31 Å². The van der Waals surface area contributed by atoms with Gasteiger partial charge in [-0.25, -0.2) is 4.79 Å². The second-order valence-corrected chi connectivity index (χ2v) is 7.55. The van der Waals surface area contributed by atoms with E-state index in [1.807, 2.05) is 46.9 Å². The van der Waals surface area contributed by atoms with Crippen LogP contribution in [0.2, 0.25) is 0 Å². The number of aromatic amines is 2. The number of nitrogens with one attached hydrogen (secondary N) is 3. The SMILES string of the molecule is CNCC(=Cc1ccc2[nH]c(=O)[nH]c(=O)c2c1)B1OC(C)(C)C(C)(C)O1. The fourth-order valence-corrected chi connectivity index (χ4v) is 2.89. The zero-order valence-electron chi connectivity index (χ0n) is 15.7. The van der Waals surface area contributed by atoms with E-state index in [9.17, 15) is 9.59 Å². The number of hydrogen-bond acceptors (Lipinski definition) is 5. The molecule has 2 heterocycles. The lowest BCUT2D eigenvalue weighted by atomic mass is 9.77. The topological polar surface area (TPSA) is 96.2 Å². The van der Waals surface area contributed by atoms with Crippen LogP contribution in [0.4, 0.5) is 0 Å². The summed E-state index contributed by atoms with van der Waals surface area (Å²) >= 11 is 0. The van der Waals surface area contributed by atoms with Gasteiger partial charge in [-0.1, -0.05) is 12.1 Å². The summed E-state index contributed by atoms with van der Waals surface area (Å²) in [5.74, 6) is 0. The third kappa shape index (κ3) is 3.40. The number of likely N-dealkylation sites (N-methyl/N-ethyl adjacent to an activating group) is 1. The van der Waals surface area contributed by atoms with Gasteiger partial charge in [-0.15, -0.1) is 0 Å². The Labute approximate surface area is 151 Å². The van der Waals surface area contributed by atoms with Crippen LogP contribution in [-0.2, 0) is 9.31 Å². The summed E-state index contributed by atoms with van der Waals surface area (Å²) in [6, 6.07) is 5.31. The van der Waals surface area contributed by atoms with Crippen molar-refractivity contribution in [1.82, 2.24) is 15.3 Å². The normalized spacial score (nSPS) is 19.3. The van der Waals surface area contributed by atoms with Crippen LogP contribution in [0.15, 0.2) is 33.3 Å². The van der Waals surface area contributed by atoms with Gasteiger partial charge in [0.15, 0.2) is 0 Å². The van der Waals surface area contributed by atoms with Crippen LogP contribution >= 0.6 is 0 Å². The van der Waals surface area contributed by atoms with Crippen LogP contribution < -0.4 is 16.6 Å². The fourth-order valence-electron chi connectivity index (χ4n) is 2.89. The maximum absolute atomic E-state index is 12.0. The zero-order chi connectivity index (χ0) is 19.1. The van der Waals surface area contributed by atoms with E-state index in [4.69, 9.17) is 9.31 Å². The lowest BCUT2D eigenvalue weighted by Gasteiger charge is -2.32. The molecule has 0 aliphatic carbocycles. The summed E-state index contributed by atoms with van der Waals surface area (Å²) in [6.45, 7) is 8.62. The summed E-state index contributed by atoms with van der Waals surface area (Å²) in [7, 11) is 1.38. The minimum absolute atomic E-state index is 0.412. The Morgan fingerprint density at radius 3 is 2.42 bits per heavy atom. The second-order valence-electron chi connectivity index (χ2n) is 7.55. The van der Waals surface area contributed by atoms with Gasteiger partial charge in [0.2, 0.25) is 0 Å². The Hall–Kier alpha value is -2.16. The molecule has 7 nitrogen and oxygen atoms in total. The number of aromatic nitrogens is 2. The van der Waals surface area contributed by atoms with Crippen LogP contribution in [0, 0.1) is 0 Å². The number of H-pyrrole nitrogens is 2. The lowest BCUT2D eigenvalue weighted by Crippen LogP contribution is -2.41. The molecule has 2 aromatic rings. The Morgan fingerprint density at radius 2 is 1.81 bits per heavy atom. The molecule has 3 rings (SSSR count). The van der Waals surface area contributed by atoms with E-state index in [-0.39, 0.29) is 0 Å². The molecule has 0 radical (unpaired) electrons. The molecular formula is C18H24BN3O4. The van der Waals surface area contributed by atoms with E-state index < -0.39 is 29.6 Å². The molecule has 3 N–H and O–H groups in total. The zero-order valence-corrected chi connectivity index (χ0v) is 15.7. The largest absolute Gasteiger partial charge is 0.491 e. The first kappa shape index (κ1) is 18.6. The third-order valence-corrected chi connectivity index (χ3v) is 5.05. The van der Waals surface area contributed by atoms with Crippen molar-refractivity contribution in [3.05, 3.63) is 50.1 Å². The summed E-state index contributed by atoms with van der Waals surface area (Å²) in [6.07, 6.45) is 1.95. The Morgan fingerprint density at radius 1 is 1.15 bits per heavy atom. The summed E-state index contributed by atoms with van der Waals surface area (Å²) < 4.78 is 12.3. The van der Waals surface area contributed by atoms with Crippen molar-refractivity contribution in [3.63, 3.8) is 0 Å². The monoisotopic (exact) mass is 357 g/mol. The minimum atomic E-state index is -0.515. The molecule has 0 amide bonds. The number of fused-ring (bicyclic) bond motifs is 1. The highest BCUT2D eigenvalue weighted by molar-refractivity contribution is 6.55. The van der Waals surface area contributed by atoms with E-state index in [0.29, 0.717) is 17.4 Å². The molecule has 138 valence electrons. The molecule has 26 heavy (non-hydrogen) atoms. The van der Waals surface area contributed by atoms with Crippen LogP contribution in [0.3, 0.4) is 0 Å². The highest BCUT2D eigenvalue weighted by Gasteiger charge is 2.52. The number of rotatable bonds is 4. The second kappa shape index (κ2) is 6.53. The van der Waals surface area contributed by atoms with Gasteiger partial charge < -0.3 is 19.6 Å². The summed E-state index contributed by atoms with van der Waals surface area (Å²) in [5.41, 5.74) is 0.474. The number of benzene rings is 1. The molecule has 1 fully saturated rings. The van der Waals surface area contributed by atoms with Crippen LogP contribution in [0.1, 0.15) is 33.3 Å². The molecule has 0 bridgehead atoms. The first-order valence-electron chi connectivity index (χ1n) is 8.60. The van der Waals surface area contributed by atoms with E-state index >= 15 is 0 Å². The average Bonchev–Trinajstić information content (AvgIpc) is 2.75. The molecule has 0 saturated carbocycles. The Kier molecular flexibility index (Phi) is 4.68. The van der Waals surface area contributed by atoms with Gasteiger partial charge in [0, 0.05) is 6.54 Å². The standard InChI is InChI=1S/C18H24BN3O4/c1-17(2)18(3,4)26-19(25-17)12(10-20-5)8-11-6-7-14-13(9-11)15(23)22-16(24)21-14/h6-9,20H,10H2,1-5H3,(H2,21,22,23,24). The first-order valence-corrected chi connectivity index (χ1v) is 8.60. The lowest BCUT2D eigenvalue weighted by molar-refractivity contribution is 0.00578. The van der Waals surface area contributed by atoms with E-state index in [2.05, 4.69) is 15.3 Å². The molecule has 0 atom stereocenters. The maximum atomic E-state index is 12.0. The predicted molar refractivity (Wildman–Crippen MR) is 103 cm³/mol. The van der Waals surface area contributed by atoms with Crippen LogP contribution in [0.25, 0.3) is 17.0 Å². The first-order chi connectivity index (χ1) is 12.1. The molecule has 1 saturated heterocycles. The highest BCUT2D eigenvalue weighted by atomic mass is 16.7. The minimum Gasteiger partial charge on any atom is -0.400 e. The number of hydrogen-bond donors (Lipinski definition) is 3. The molecule has 1 aromatic carbocycles. The van der Waals surface area contributed by atoms with Crippen molar-refractivity contribution in [2.24, 2.45) is 0 Å². The van der Waals surface area contributed by atoms with Gasteiger partial charge in [0.25, 0.3) is 5.56 Å². The molecule has 1 aliphatic rings. The molecule has 1 aromatic heterocycles. The van der Waals surface area contributed by atoms with Crippen molar-refractivity contribution in [3.8, 4) is 0 Å². The maximum Gasteiger partial charge on any atom is 0.491 e. The van der Waals surface area contributed by atoms with Crippen LogP contribution in [0.5, 0.6) is 0 Å². The van der Waals surface area contributed by atoms with Crippen molar-refractivity contribution in [1.29, 1.82) is 0 Å². The van der Waals surface area contributed by atoms with Gasteiger partial charge in [-0.05, 0) is 57.9 Å². The Bertz CT molecular complexity index is 958. The van der Waals surface area contributed by atoms with Gasteiger partial charge in [-0.3, -0.25) is 9.78 Å². The fraction of sp³-hybridized carbons (Fsp3) is 0.444. The van der Waals surface area contributed by atoms with E-state index in [1.165, 1.54) is 0 Å². The average molecular weight is 357 g/mol. The predicted octanol–water partition coefficient (Wildman–Crippen LogP) is 1.45. The highest BCUT2D eigenvalue weighted by Crippen LogP contribution is 2.38. The van der Waals surface area contributed by atoms with Gasteiger partial charge >= 0.3 is 12.8 Å². The van der Waals surface area contributed by atoms with E-state index in [1.54, 1.807) is 12.1 Å². The summed E-state index contributed by atoms with van der Waals surface area (Å²) in [5, 5.41) is 3.56. The van der Waals surface area contributed by atoms with Gasteiger partial charge in [0.05, 0.1) is 22.1 Å².